The van der Waals surface area contributed by atoms with Crippen molar-refractivity contribution in [3.8, 4) is 10.7 Å². The number of amides is 2. The number of fused-ring (bicyclic) bond motifs is 1. The van der Waals surface area contributed by atoms with Gasteiger partial charge in [-0.2, -0.15) is 18.2 Å². The van der Waals surface area contributed by atoms with Gasteiger partial charge >= 0.3 is 18.1 Å². The van der Waals surface area contributed by atoms with E-state index in [4.69, 9.17) is 23.2 Å². The molecule has 29 heavy (non-hydrogen) atoms. The summed E-state index contributed by atoms with van der Waals surface area (Å²) in [6, 6.07) is 6.19. The molecule has 1 aliphatic rings. The number of carbonyl (C=O) groups is 1. The zero-order valence-electron chi connectivity index (χ0n) is 14.4. The van der Waals surface area contributed by atoms with Crippen molar-refractivity contribution in [3.05, 3.63) is 50.6 Å². The molecule has 1 N–H and O–H groups in total. The van der Waals surface area contributed by atoms with Crippen molar-refractivity contribution in [2.24, 2.45) is 0 Å². The number of thiophene rings is 1. The zero-order valence-corrected chi connectivity index (χ0v) is 16.7. The van der Waals surface area contributed by atoms with Gasteiger partial charge in [-0.15, -0.1) is 11.3 Å². The van der Waals surface area contributed by atoms with E-state index in [0.717, 1.165) is 10.4 Å². The van der Waals surface area contributed by atoms with Gasteiger partial charge in [-0.25, -0.2) is 4.79 Å². The van der Waals surface area contributed by atoms with Crippen LogP contribution in [0.5, 0.6) is 0 Å². The first kappa shape index (κ1) is 20.0. The van der Waals surface area contributed by atoms with Gasteiger partial charge in [0.15, 0.2) is 0 Å². The van der Waals surface area contributed by atoms with Gasteiger partial charge < -0.3 is 14.7 Å². The molecular formula is C17H11Cl2F3N4O2S. The first-order valence-electron chi connectivity index (χ1n) is 8.24. The van der Waals surface area contributed by atoms with Crippen molar-refractivity contribution in [1.82, 2.24) is 15.0 Å². The molecule has 12 heteroatoms. The third-order valence-corrected chi connectivity index (χ3v) is 6.13. The molecule has 0 spiro atoms. The van der Waals surface area contributed by atoms with E-state index in [1.807, 2.05) is 0 Å². The third kappa shape index (κ3) is 4.19. The number of aromatic nitrogens is 2. The van der Waals surface area contributed by atoms with Gasteiger partial charge in [-0.05, 0) is 36.2 Å². The number of nitrogens with one attached hydrogen (secondary N) is 1. The van der Waals surface area contributed by atoms with Crippen molar-refractivity contribution in [3.63, 3.8) is 0 Å². The maximum Gasteiger partial charge on any atom is 0.471 e. The minimum absolute atomic E-state index is 0.122. The van der Waals surface area contributed by atoms with E-state index in [9.17, 15) is 18.0 Å². The zero-order chi connectivity index (χ0) is 20.8. The Morgan fingerprint density at radius 3 is 2.72 bits per heavy atom. The van der Waals surface area contributed by atoms with Crippen LogP contribution in [-0.2, 0) is 19.1 Å². The molecule has 0 atom stereocenters. The van der Waals surface area contributed by atoms with Gasteiger partial charge in [0.25, 0.3) is 0 Å². The number of hydrogen-bond donors (Lipinski definition) is 1. The van der Waals surface area contributed by atoms with E-state index in [0.29, 0.717) is 40.1 Å². The molecule has 6 nitrogen and oxygen atoms in total. The summed E-state index contributed by atoms with van der Waals surface area (Å²) in [4.78, 5) is 18.9. The standard InChI is InChI=1S/C17H11Cl2F3N4O2S/c18-10-2-1-9(6-11(10)19)23-16(27)26-4-3-8-5-12(29-13(8)7-26)14-24-15(28-25-14)17(20,21)22/h1-2,5-6H,3-4,7H2,(H,23,27). The van der Waals surface area contributed by atoms with Crippen molar-refractivity contribution in [2.75, 3.05) is 11.9 Å². The normalized spacial score (nSPS) is 14.0. The lowest BCUT2D eigenvalue weighted by molar-refractivity contribution is -0.159. The highest BCUT2D eigenvalue weighted by Crippen LogP contribution is 2.36. The quantitative estimate of drug-likeness (QED) is 0.528. The molecule has 0 saturated heterocycles. The number of rotatable bonds is 2. The molecule has 0 fully saturated rings. The molecule has 0 bridgehead atoms. The fraction of sp³-hybridized carbons (Fsp3) is 0.235. The highest BCUT2D eigenvalue weighted by Gasteiger charge is 2.38. The topological polar surface area (TPSA) is 71.3 Å². The lowest BCUT2D eigenvalue weighted by Gasteiger charge is -2.27. The number of urea groups is 1. The first-order chi connectivity index (χ1) is 13.7. The van der Waals surface area contributed by atoms with Crippen molar-refractivity contribution < 1.29 is 22.5 Å². The van der Waals surface area contributed by atoms with E-state index in [1.165, 1.54) is 11.3 Å². The predicted octanol–water partition coefficient (Wildman–Crippen LogP) is 5.71. The van der Waals surface area contributed by atoms with Crippen LogP contribution in [-0.4, -0.2) is 27.6 Å². The summed E-state index contributed by atoms with van der Waals surface area (Å²) in [5.41, 5.74) is 1.45. The molecular weight excluding hydrogens is 452 g/mol. The first-order valence-corrected chi connectivity index (χ1v) is 9.82. The SMILES string of the molecule is O=C(Nc1ccc(Cl)c(Cl)c1)N1CCc2cc(-c3noc(C(F)(F)F)n3)sc2C1. The Balaban J connectivity index is 1.48. The average molecular weight is 463 g/mol. The second-order valence-electron chi connectivity index (χ2n) is 6.21. The highest BCUT2D eigenvalue weighted by atomic mass is 35.5. The highest BCUT2D eigenvalue weighted by molar-refractivity contribution is 7.15. The number of carbonyl (C=O) groups excluding carboxylic acids is 1. The van der Waals surface area contributed by atoms with Crippen LogP contribution in [0.15, 0.2) is 28.8 Å². The fourth-order valence-corrected chi connectivity index (χ4v) is 4.27. The monoisotopic (exact) mass is 462 g/mol. The van der Waals surface area contributed by atoms with E-state index in [2.05, 4.69) is 20.0 Å². The van der Waals surface area contributed by atoms with Crippen molar-refractivity contribution in [2.45, 2.75) is 19.1 Å². The predicted molar refractivity (Wildman–Crippen MR) is 102 cm³/mol. The largest absolute Gasteiger partial charge is 0.471 e. The summed E-state index contributed by atoms with van der Waals surface area (Å²) in [5, 5.41) is 6.87. The van der Waals surface area contributed by atoms with Crippen LogP contribution in [0.4, 0.5) is 23.7 Å². The van der Waals surface area contributed by atoms with Crippen LogP contribution in [0, 0.1) is 0 Å². The molecule has 1 aromatic carbocycles. The third-order valence-electron chi connectivity index (χ3n) is 4.23. The molecule has 152 valence electrons. The summed E-state index contributed by atoms with van der Waals surface area (Å²) in [6.07, 6.45) is -4.13. The Morgan fingerprint density at radius 1 is 1.24 bits per heavy atom. The van der Waals surface area contributed by atoms with Gasteiger partial charge in [-0.3, -0.25) is 0 Å². The summed E-state index contributed by atoms with van der Waals surface area (Å²) in [5.74, 6) is -1.51. The number of alkyl halides is 3. The van der Waals surface area contributed by atoms with E-state index in [1.54, 1.807) is 29.2 Å². The number of nitrogens with zero attached hydrogens (tertiary/aromatic N) is 3. The molecule has 3 aromatic rings. The fourth-order valence-electron chi connectivity index (χ4n) is 2.82. The minimum atomic E-state index is -4.69. The summed E-state index contributed by atoms with van der Waals surface area (Å²) in [7, 11) is 0. The molecule has 2 amide bonds. The summed E-state index contributed by atoms with van der Waals surface area (Å²) >= 11 is 13.1. The second-order valence-corrected chi connectivity index (χ2v) is 8.16. The minimum Gasteiger partial charge on any atom is -0.329 e. The van der Waals surface area contributed by atoms with E-state index >= 15 is 0 Å². The second kappa shape index (κ2) is 7.51. The number of hydrogen-bond acceptors (Lipinski definition) is 5. The average Bonchev–Trinajstić information content (AvgIpc) is 3.30. The van der Waals surface area contributed by atoms with Crippen LogP contribution in [0.25, 0.3) is 10.7 Å². The van der Waals surface area contributed by atoms with Crippen LogP contribution in [0.2, 0.25) is 10.0 Å². The number of benzene rings is 1. The van der Waals surface area contributed by atoms with Gasteiger partial charge in [0.1, 0.15) is 0 Å². The molecule has 0 unspecified atom stereocenters. The molecule has 0 radical (unpaired) electrons. The Labute approximate surface area is 176 Å². The van der Waals surface area contributed by atoms with Crippen molar-refractivity contribution in [1.29, 1.82) is 0 Å². The van der Waals surface area contributed by atoms with Crippen LogP contribution in [0.3, 0.4) is 0 Å². The lowest BCUT2D eigenvalue weighted by Crippen LogP contribution is -2.38. The maximum absolute atomic E-state index is 12.7. The smallest absolute Gasteiger partial charge is 0.329 e. The number of halogens is 5. The Morgan fingerprint density at radius 2 is 2.03 bits per heavy atom. The van der Waals surface area contributed by atoms with Gasteiger partial charge in [0.05, 0.1) is 21.5 Å². The Bertz CT molecular complexity index is 1080. The molecule has 4 rings (SSSR count). The summed E-state index contributed by atoms with van der Waals surface area (Å²) < 4.78 is 42.2. The lowest BCUT2D eigenvalue weighted by atomic mass is 10.1. The van der Waals surface area contributed by atoms with Crippen molar-refractivity contribution >= 4 is 46.3 Å². The molecule has 0 saturated carbocycles. The van der Waals surface area contributed by atoms with Crippen LogP contribution in [0.1, 0.15) is 16.3 Å². The van der Waals surface area contributed by atoms with Crippen LogP contribution >= 0.6 is 34.5 Å². The Hall–Kier alpha value is -2.30. The van der Waals surface area contributed by atoms with Gasteiger partial charge in [0, 0.05) is 17.1 Å². The Kier molecular flexibility index (Phi) is 5.18. The van der Waals surface area contributed by atoms with E-state index in [-0.39, 0.29) is 11.9 Å². The van der Waals surface area contributed by atoms with Gasteiger partial charge in [0.2, 0.25) is 5.82 Å². The molecule has 3 heterocycles. The summed E-state index contributed by atoms with van der Waals surface area (Å²) in [6.45, 7) is 0.771. The number of anilines is 1. The molecule has 2 aromatic heterocycles. The van der Waals surface area contributed by atoms with E-state index < -0.39 is 12.1 Å². The molecule has 1 aliphatic heterocycles. The van der Waals surface area contributed by atoms with Crippen LogP contribution < -0.4 is 5.32 Å². The van der Waals surface area contributed by atoms with Gasteiger partial charge in [-0.1, -0.05) is 28.4 Å². The molecule has 0 aliphatic carbocycles. The maximum atomic E-state index is 12.7.